The van der Waals surface area contributed by atoms with Crippen LogP contribution in [0.4, 0.5) is 5.69 Å². The number of rotatable bonds is 6. The molecule has 0 bridgehead atoms. The quantitative estimate of drug-likeness (QED) is 0.486. The minimum Gasteiger partial charge on any atom is -0.489 e. The van der Waals surface area contributed by atoms with Crippen LogP contribution in [-0.2, 0) is 12.0 Å². The summed E-state index contributed by atoms with van der Waals surface area (Å²) in [7, 11) is 0. The number of benzene rings is 2. The normalized spacial score (nSPS) is 12.0. The van der Waals surface area contributed by atoms with Crippen LogP contribution >= 0.6 is 0 Å². The Bertz CT molecular complexity index is 710. The van der Waals surface area contributed by atoms with Crippen molar-refractivity contribution in [3.63, 3.8) is 0 Å². The topological polar surface area (TPSA) is 52.4 Å². The van der Waals surface area contributed by atoms with Gasteiger partial charge in [-0.15, -0.1) is 0 Å². The van der Waals surface area contributed by atoms with Crippen LogP contribution in [0, 0.1) is 15.5 Å². The van der Waals surface area contributed by atoms with Crippen molar-refractivity contribution in [2.75, 3.05) is 0 Å². The molecule has 25 heavy (non-hydrogen) atoms. The monoisotopic (exact) mass is 341 g/mol. The van der Waals surface area contributed by atoms with E-state index in [1.54, 1.807) is 12.1 Å². The first kappa shape index (κ1) is 19.0. The van der Waals surface area contributed by atoms with Crippen LogP contribution in [0.25, 0.3) is 0 Å². The molecule has 0 atom stereocenters. The summed E-state index contributed by atoms with van der Waals surface area (Å²) in [4.78, 5) is 10.3. The Morgan fingerprint density at radius 2 is 1.48 bits per heavy atom. The van der Waals surface area contributed by atoms with Crippen molar-refractivity contribution in [1.29, 1.82) is 0 Å². The third kappa shape index (κ3) is 5.59. The Balaban J connectivity index is 1.99. The van der Waals surface area contributed by atoms with Gasteiger partial charge in [0.25, 0.3) is 5.69 Å². The maximum absolute atomic E-state index is 10.7. The SMILES string of the molecule is CC(C)(C)CC(C)(C)c1ccc(OCc2ccc([N+](=O)[O-])cc2)cc1. The van der Waals surface area contributed by atoms with Gasteiger partial charge in [-0.1, -0.05) is 46.8 Å². The van der Waals surface area contributed by atoms with Gasteiger partial charge in [-0.2, -0.15) is 0 Å². The van der Waals surface area contributed by atoms with E-state index in [4.69, 9.17) is 4.74 Å². The molecular formula is C21H27NO3. The number of nitro groups is 1. The molecule has 0 unspecified atom stereocenters. The third-order valence-electron chi connectivity index (χ3n) is 4.16. The summed E-state index contributed by atoms with van der Waals surface area (Å²) in [6.07, 6.45) is 1.10. The van der Waals surface area contributed by atoms with Gasteiger partial charge in [-0.05, 0) is 52.6 Å². The average Bonchev–Trinajstić information content (AvgIpc) is 2.51. The van der Waals surface area contributed by atoms with Crippen molar-refractivity contribution in [3.05, 3.63) is 69.8 Å². The Hall–Kier alpha value is -2.36. The minimum atomic E-state index is -0.400. The lowest BCUT2D eigenvalue weighted by Gasteiger charge is -2.33. The lowest BCUT2D eigenvalue weighted by atomic mass is 9.72. The zero-order chi connectivity index (χ0) is 18.7. The summed E-state index contributed by atoms with van der Waals surface area (Å²) in [6.45, 7) is 11.7. The molecule has 0 aliphatic rings. The number of nitrogens with zero attached hydrogens (tertiary/aromatic N) is 1. The fraction of sp³-hybridized carbons (Fsp3) is 0.429. The van der Waals surface area contributed by atoms with Crippen LogP contribution in [0.3, 0.4) is 0 Å². The van der Waals surface area contributed by atoms with E-state index in [2.05, 4.69) is 46.8 Å². The zero-order valence-corrected chi connectivity index (χ0v) is 15.7. The van der Waals surface area contributed by atoms with Crippen LogP contribution in [0.2, 0.25) is 0 Å². The van der Waals surface area contributed by atoms with Crippen molar-refractivity contribution in [2.24, 2.45) is 5.41 Å². The molecule has 0 spiro atoms. The maximum Gasteiger partial charge on any atom is 0.269 e. The number of nitro benzene ring substituents is 1. The highest BCUT2D eigenvalue weighted by molar-refractivity contribution is 5.34. The molecule has 134 valence electrons. The van der Waals surface area contributed by atoms with E-state index in [-0.39, 0.29) is 16.5 Å². The van der Waals surface area contributed by atoms with Gasteiger partial charge >= 0.3 is 0 Å². The van der Waals surface area contributed by atoms with Crippen molar-refractivity contribution < 1.29 is 9.66 Å². The summed E-state index contributed by atoms with van der Waals surface area (Å²) in [5, 5.41) is 10.7. The van der Waals surface area contributed by atoms with E-state index in [0.717, 1.165) is 17.7 Å². The molecule has 0 amide bonds. The molecule has 2 aromatic rings. The summed E-state index contributed by atoms with van der Waals surface area (Å²) in [6, 6.07) is 14.7. The molecule has 2 aromatic carbocycles. The first-order valence-electron chi connectivity index (χ1n) is 8.53. The summed E-state index contributed by atoms with van der Waals surface area (Å²) in [5.41, 5.74) is 2.67. The number of hydrogen-bond donors (Lipinski definition) is 0. The molecule has 0 radical (unpaired) electrons. The zero-order valence-electron chi connectivity index (χ0n) is 15.7. The molecule has 2 rings (SSSR count). The van der Waals surface area contributed by atoms with E-state index in [9.17, 15) is 10.1 Å². The second-order valence-electron chi connectivity index (χ2n) is 8.36. The number of non-ortho nitro benzene ring substituents is 1. The number of ether oxygens (including phenoxy) is 1. The van der Waals surface area contributed by atoms with Gasteiger partial charge in [0.2, 0.25) is 0 Å². The second kappa shape index (κ2) is 7.26. The highest BCUT2D eigenvalue weighted by Gasteiger charge is 2.27. The Kier molecular flexibility index (Phi) is 5.51. The molecule has 4 nitrogen and oxygen atoms in total. The molecule has 0 aliphatic carbocycles. The molecule has 0 N–H and O–H groups in total. The van der Waals surface area contributed by atoms with E-state index < -0.39 is 4.92 Å². The molecular weight excluding hydrogens is 314 g/mol. The Morgan fingerprint density at radius 1 is 0.920 bits per heavy atom. The van der Waals surface area contributed by atoms with Crippen molar-refractivity contribution in [3.8, 4) is 5.75 Å². The van der Waals surface area contributed by atoms with Crippen LogP contribution in [0.15, 0.2) is 48.5 Å². The highest BCUT2D eigenvalue weighted by atomic mass is 16.6. The Labute approximate surface area is 150 Å². The smallest absolute Gasteiger partial charge is 0.269 e. The van der Waals surface area contributed by atoms with Gasteiger partial charge in [0.15, 0.2) is 0 Å². The predicted octanol–water partition coefficient (Wildman–Crippen LogP) is 5.89. The maximum atomic E-state index is 10.7. The van der Waals surface area contributed by atoms with Crippen molar-refractivity contribution in [1.82, 2.24) is 0 Å². The molecule has 0 heterocycles. The van der Waals surface area contributed by atoms with Gasteiger partial charge in [-0.25, -0.2) is 0 Å². The lowest BCUT2D eigenvalue weighted by molar-refractivity contribution is -0.384. The van der Waals surface area contributed by atoms with Gasteiger partial charge < -0.3 is 4.74 Å². The molecule has 0 aromatic heterocycles. The predicted molar refractivity (Wildman–Crippen MR) is 101 cm³/mol. The largest absolute Gasteiger partial charge is 0.489 e. The van der Waals surface area contributed by atoms with Crippen molar-refractivity contribution >= 4 is 5.69 Å². The van der Waals surface area contributed by atoms with E-state index in [0.29, 0.717) is 6.61 Å². The standard InChI is InChI=1S/C21H27NO3/c1-20(2,3)15-21(4,5)17-8-12-19(13-9-17)25-14-16-6-10-18(11-7-16)22(23)24/h6-13H,14-15H2,1-5H3. The van der Waals surface area contributed by atoms with Gasteiger partial charge in [0.05, 0.1) is 4.92 Å². The molecule has 0 saturated heterocycles. The molecule has 4 heteroatoms. The van der Waals surface area contributed by atoms with E-state index in [1.165, 1.54) is 17.7 Å². The number of hydrogen-bond acceptors (Lipinski definition) is 3. The van der Waals surface area contributed by atoms with Crippen LogP contribution in [0.5, 0.6) is 5.75 Å². The van der Waals surface area contributed by atoms with Gasteiger partial charge in [0.1, 0.15) is 12.4 Å². The highest BCUT2D eigenvalue weighted by Crippen LogP contribution is 2.36. The fourth-order valence-corrected chi connectivity index (χ4v) is 3.31. The third-order valence-corrected chi connectivity index (χ3v) is 4.16. The Morgan fingerprint density at radius 3 is 1.96 bits per heavy atom. The molecule has 0 saturated carbocycles. The average molecular weight is 341 g/mol. The van der Waals surface area contributed by atoms with Crippen LogP contribution in [0.1, 0.15) is 52.2 Å². The fourth-order valence-electron chi connectivity index (χ4n) is 3.31. The first-order valence-corrected chi connectivity index (χ1v) is 8.53. The van der Waals surface area contributed by atoms with Crippen LogP contribution in [-0.4, -0.2) is 4.92 Å². The van der Waals surface area contributed by atoms with Gasteiger partial charge in [-0.3, -0.25) is 10.1 Å². The second-order valence-corrected chi connectivity index (χ2v) is 8.36. The van der Waals surface area contributed by atoms with Gasteiger partial charge in [0, 0.05) is 12.1 Å². The van der Waals surface area contributed by atoms with E-state index >= 15 is 0 Å². The van der Waals surface area contributed by atoms with Crippen molar-refractivity contribution in [2.45, 2.75) is 53.1 Å². The first-order chi connectivity index (χ1) is 11.6. The summed E-state index contributed by atoms with van der Waals surface area (Å²) in [5.74, 6) is 0.800. The lowest BCUT2D eigenvalue weighted by Crippen LogP contribution is -2.24. The minimum absolute atomic E-state index is 0.0918. The molecule has 0 aliphatic heterocycles. The summed E-state index contributed by atoms with van der Waals surface area (Å²) < 4.78 is 5.79. The summed E-state index contributed by atoms with van der Waals surface area (Å²) >= 11 is 0. The van der Waals surface area contributed by atoms with E-state index in [1.807, 2.05) is 12.1 Å². The van der Waals surface area contributed by atoms with Crippen LogP contribution < -0.4 is 4.74 Å². The molecule has 0 fully saturated rings.